The van der Waals surface area contributed by atoms with Crippen LogP contribution in [0.4, 0.5) is 5.69 Å². The Morgan fingerprint density at radius 1 is 1.06 bits per heavy atom. The highest BCUT2D eigenvalue weighted by atomic mass is 32.2. The van der Waals surface area contributed by atoms with Gasteiger partial charge >= 0.3 is 0 Å². The van der Waals surface area contributed by atoms with Crippen LogP contribution in [0.15, 0.2) is 39.8 Å². The fourth-order valence-corrected chi connectivity index (χ4v) is 5.61. The first kappa shape index (κ1) is 21.9. The van der Waals surface area contributed by atoms with Crippen molar-refractivity contribution in [3.05, 3.63) is 41.8 Å². The van der Waals surface area contributed by atoms with Crippen LogP contribution in [-0.4, -0.2) is 79.4 Å². The maximum absolute atomic E-state index is 12.7. The predicted octanol–water partition coefficient (Wildman–Crippen LogP) is 1.52. The standard InChI is InChI=1S/C21H29N5O4S/c1-17-13-19(23-30-17)15-24-9-11-25(12-10-24)16-21(27)22-18-5-4-6-20(14-18)31(28,29)26-7-2-3-8-26/h4-6,13-14H,2-3,7-12,15-16H2,1H3,(H,22,27). The Labute approximate surface area is 183 Å². The fraction of sp³-hybridized carbons (Fsp3) is 0.524. The van der Waals surface area contributed by atoms with Crippen LogP contribution in [0.5, 0.6) is 0 Å². The average molecular weight is 448 g/mol. The molecule has 0 atom stereocenters. The molecule has 0 aliphatic carbocycles. The van der Waals surface area contributed by atoms with E-state index in [2.05, 4.69) is 20.3 Å². The van der Waals surface area contributed by atoms with Gasteiger partial charge in [-0.1, -0.05) is 11.2 Å². The zero-order valence-corrected chi connectivity index (χ0v) is 18.6. The minimum atomic E-state index is -3.50. The lowest BCUT2D eigenvalue weighted by atomic mass is 10.2. The second-order valence-electron chi connectivity index (χ2n) is 8.17. The lowest BCUT2D eigenvalue weighted by molar-refractivity contribution is -0.117. The van der Waals surface area contributed by atoms with Crippen molar-refractivity contribution in [3.8, 4) is 0 Å². The van der Waals surface area contributed by atoms with Gasteiger partial charge in [0.2, 0.25) is 15.9 Å². The van der Waals surface area contributed by atoms with Gasteiger partial charge in [-0.15, -0.1) is 0 Å². The van der Waals surface area contributed by atoms with E-state index in [1.165, 1.54) is 4.31 Å². The largest absolute Gasteiger partial charge is 0.361 e. The third-order valence-electron chi connectivity index (χ3n) is 5.72. The Balaban J connectivity index is 1.27. The van der Waals surface area contributed by atoms with Crippen LogP contribution in [0.2, 0.25) is 0 Å². The molecule has 10 heteroatoms. The van der Waals surface area contributed by atoms with E-state index in [9.17, 15) is 13.2 Å². The van der Waals surface area contributed by atoms with E-state index in [1.807, 2.05) is 13.0 Å². The van der Waals surface area contributed by atoms with Crippen LogP contribution in [-0.2, 0) is 21.4 Å². The van der Waals surface area contributed by atoms with Gasteiger partial charge < -0.3 is 9.84 Å². The number of sulfonamides is 1. The summed E-state index contributed by atoms with van der Waals surface area (Å²) in [6.45, 7) is 7.29. The van der Waals surface area contributed by atoms with Crippen LogP contribution in [0.25, 0.3) is 0 Å². The topological polar surface area (TPSA) is 99.0 Å². The molecule has 0 bridgehead atoms. The van der Waals surface area contributed by atoms with Gasteiger partial charge in [0.15, 0.2) is 0 Å². The zero-order chi connectivity index (χ0) is 21.8. The molecule has 0 radical (unpaired) electrons. The number of hydrogen-bond acceptors (Lipinski definition) is 7. The molecule has 0 unspecified atom stereocenters. The molecule has 3 heterocycles. The quantitative estimate of drug-likeness (QED) is 0.687. The van der Waals surface area contributed by atoms with E-state index in [0.717, 1.165) is 57.0 Å². The number of carbonyl (C=O) groups excluding carboxylic acids is 1. The molecule has 2 aromatic rings. The summed E-state index contributed by atoms with van der Waals surface area (Å²) in [5.74, 6) is 0.666. The molecule has 1 aromatic carbocycles. The highest BCUT2D eigenvalue weighted by Crippen LogP contribution is 2.23. The number of piperazine rings is 1. The van der Waals surface area contributed by atoms with Crippen LogP contribution in [0.1, 0.15) is 24.3 Å². The Kier molecular flexibility index (Phi) is 6.71. The maximum atomic E-state index is 12.7. The van der Waals surface area contributed by atoms with Gasteiger partial charge in [-0.3, -0.25) is 14.6 Å². The van der Waals surface area contributed by atoms with E-state index in [-0.39, 0.29) is 17.3 Å². The minimum Gasteiger partial charge on any atom is -0.361 e. The summed E-state index contributed by atoms with van der Waals surface area (Å²) in [5, 5.41) is 6.88. The molecule has 4 rings (SSSR count). The maximum Gasteiger partial charge on any atom is 0.243 e. The number of anilines is 1. The Hall–Kier alpha value is -2.27. The number of nitrogens with zero attached hydrogens (tertiary/aromatic N) is 4. The van der Waals surface area contributed by atoms with E-state index in [0.29, 0.717) is 18.8 Å². The van der Waals surface area contributed by atoms with Crippen molar-refractivity contribution in [2.75, 3.05) is 51.1 Å². The average Bonchev–Trinajstić information content (AvgIpc) is 3.42. The fourth-order valence-electron chi connectivity index (χ4n) is 4.04. The second kappa shape index (κ2) is 9.47. The number of aromatic nitrogens is 1. The molecule has 2 saturated heterocycles. The minimum absolute atomic E-state index is 0.142. The third-order valence-corrected chi connectivity index (χ3v) is 7.61. The van der Waals surface area contributed by atoms with Crippen molar-refractivity contribution < 1.29 is 17.7 Å². The van der Waals surface area contributed by atoms with Crippen molar-refractivity contribution in [3.63, 3.8) is 0 Å². The smallest absolute Gasteiger partial charge is 0.243 e. The molecule has 31 heavy (non-hydrogen) atoms. The normalized spacial score (nSPS) is 19.0. The Bertz CT molecular complexity index is 1010. The van der Waals surface area contributed by atoms with Gasteiger partial charge in [-0.05, 0) is 38.0 Å². The van der Waals surface area contributed by atoms with Gasteiger partial charge in [0, 0.05) is 57.6 Å². The number of nitrogens with one attached hydrogen (secondary N) is 1. The monoisotopic (exact) mass is 447 g/mol. The summed E-state index contributed by atoms with van der Waals surface area (Å²) in [6, 6.07) is 8.46. The highest BCUT2D eigenvalue weighted by molar-refractivity contribution is 7.89. The molecule has 2 fully saturated rings. The second-order valence-corrected chi connectivity index (χ2v) is 10.1. The van der Waals surface area contributed by atoms with Crippen LogP contribution in [0.3, 0.4) is 0 Å². The van der Waals surface area contributed by atoms with Gasteiger partial charge in [0.05, 0.1) is 17.1 Å². The van der Waals surface area contributed by atoms with Gasteiger partial charge in [-0.2, -0.15) is 4.31 Å². The number of aryl methyl sites for hydroxylation is 1. The van der Waals surface area contributed by atoms with Crippen molar-refractivity contribution >= 4 is 21.6 Å². The number of hydrogen-bond donors (Lipinski definition) is 1. The molecule has 1 N–H and O–H groups in total. The summed E-state index contributed by atoms with van der Waals surface area (Å²) in [4.78, 5) is 17.1. The first-order chi connectivity index (χ1) is 14.9. The van der Waals surface area contributed by atoms with E-state index in [4.69, 9.17) is 4.52 Å². The molecule has 1 amide bonds. The molecule has 2 aliphatic heterocycles. The number of benzene rings is 1. The number of rotatable bonds is 7. The number of carbonyl (C=O) groups is 1. The summed E-state index contributed by atoms with van der Waals surface area (Å²) in [5.41, 5.74) is 1.43. The molecule has 0 saturated carbocycles. The van der Waals surface area contributed by atoms with Gasteiger partial charge in [0.25, 0.3) is 0 Å². The van der Waals surface area contributed by atoms with Crippen LogP contribution in [0, 0.1) is 6.92 Å². The van der Waals surface area contributed by atoms with Gasteiger partial charge in [-0.25, -0.2) is 8.42 Å². The van der Waals surface area contributed by atoms with Crippen molar-refractivity contribution in [2.24, 2.45) is 0 Å². The predicted molar refractivity (Wildman–Crippen MR) is 116 cm³/mol. The van der Waals surface area contributed by atoms with Crippen LogP contribution >= 0.6 is 0 Å². The summed E-state index contributed by atoms with van der Waals surface area (Å²) in [6.07, 6.45) is 1.78. The summed E-state index contributed by atoms with van der Waals surface area (Å²) < 4.78 is 32.1. The highest BCUT2D eigenvalue weighted by Gasteiger charge is 2.27. The molecule has 2 aliphatic rings. The molecule has 1 aromatic heterocycles. The molecule has 9 nitrogen and oxygen atoms in total. The summed E-state index contributed by atoms with van der Waals surface area (Å²) in [7, 11) is -3.50. The van der Waals surface area contributed by atoms with Crippen LogP contribution < -0.4 is 5.32 Å². The molecule has 0 spiro atoms. The van der Waals surface area contributed by atoms with E-state index in [1.54, 1.807) is 24.3 Å². The van der Waals surface area contributed by atoms with E-state index < -0.39 is 10.0 Å². The molecule has 168 valence electrons. The van der Waals surface area contributed by atoms with Gasteiger partial charge in [0.1, 0.15) is 5.76 Å². The molecular formula is C21H29N5O4S. The van der Waals surface area contributed by atoms with Crippen molar-refractivity contribution in [1.29, 1.82) is 0 Å². The molecular weight excluding hydrogens is 418 g/mol. The lowest BCUT2D eigenvalue weighted by Crippen LogP contribution is -2.48. The SMILES string of the molecule is Cc1cc(CN2CCN(CC(=O)Nc3cccc(S(=O)(=O)N4CCCC4)c3)CC2)no1. The Morgan fingerprint density at radius 2 is 1.77 bits per heavy atom. The Morgan fingerprint density at radius 3 is 2.45 bits per heavy atom. The number of amides is 1. The first-order valence-electron chi connectivity index (χ1n) is 10.7. The lowest BCUT2D eigenvalue weighted by Gasteiger charge is -2.33. The summed E-state index contributed by atoms with van der Waals surface area (Å²) >= 11 is 0. The zero-order valence-electron chi connectivity index (χ0n) is 17.8. The van der Waals surface area contributed by atoms with Crippen molar-refractivity contribution in [2.45, 2.75) is 31.2 Å². The first-order valence-corrected chi connectivity index (χ1v) is 12.1. The van der Waals surface area contributed by atoms with E-state index >= 15 is 0 Å². The van der Waals surface area contributed by atoms with Crippen molar-refractivity contribution in [1.82, 2.24) is 19.3 Å². The third kappa shape index (κ3) is 5.51.